The molecule has 0 saturated heterocycles. The van der Waals surface area contributed by atoms with Crippen molar-refractivity contribution in [1.82, 2.24) is 9.78 Å². The SMILES string of the molecule is Cc1c(C(=O)OCc2cccc(N(C)C)c2)cnn1C. The van der Waals surface area contributed by atoms with E-state index in [2.05, 4.69) is 5.10 Å². The normalized spacial score (nSPS) is 10.4. The fourth-order valence-electron chi connectivity index (χ4n) is 1.85. The minimum Gasteiger partial charge on any atom is -0.457 e. The van der Waals surface area contributed by atoms with Crippen molar-refractivity contribution in [3.05, 3.63) is 47.3 Å². The van der Waals surface area contributed by atoms with Gasteiger partial charge in [-0.2, -0.15) is 5.10 Å². The van der Waals surface area contributed by atoms with Crippen LogP contribution in [0.2, 0.25) is 0 Å². The maximum atomic E-state index is 12.0. The molecule has 0 radical (unpaired) electrons. The predicted molar refractivity (Wildman–Crippen MR) is 77.8 cm³/mol. The van der Waals surface area contributed by atoms with E-state index in [1.54, 1.807) is 11.7 Å². The highest BCUT2D eigenvalue weighted by Gasteiger charge is 2.14. The molecule has 1 aromatic carbocycles. The first-order chi connectivity index (χ1) is 9.49. The molecule has 1 aromatic heterocycles. The summed E-state index contributed by atoms with van der Waals surface area (Å²) in [5, 5.41) is 4.04. The average Bonchev–Trinajstić information content (AvgIpc) is 2.77. The molecule has 20 heavy (non-hydrogen) atoms. The number of anilines is 1. The lowest BCUT2D eigenvalue weighted by Crippen LogP contribution is -2.10. The number of esters is 1. The lowest BCUT2D eigenvalue weighted by Gasteiger charge is -2.13. The van der Waals surface area contributed by atoms with Gasteiger partial charge in [-0.3, -0.25) is 4.68 Å². The smallest absolute Gasteiger partial charge is 0.341 e. The van der Waals surface area contributed by atoms with Crippen LogP contribution in [-0.4, -0.2) is 29.8 Å². The number of nitrogens with zero attached hydrogens (tertiary/aromatic N) is 3. The average molecular weight is 273 g/mol. The standard InChI is InChI=1S/C15H19N3O2/c1-11-14(9-16-18(11)4)15(19)20-10-12-6-5-7-13(8-12)17(2)3/h5-9H,10H2,1-4H3. The summed E-state index contributed by atoms with van der Waals surface area (Å²) in [7, 11) is 5.75. The molecule has 0 atom stereocenters. The van der Waals surface area contributed by atoms with Gasteiger partial charge in [-0.05, 0) is 24.6 Å². The molecule has 0 amide bonds. The molecule has 0 N–H and O–H groups in total. The number of carbonyl (C=O) groups excluding carboxylic acids is 1. The molecule has 0 aliphatic carbocycles. The van der Waals surface area contributed by atoms with Crippen molar-refractivity contribution < 1.29 is 9.53 Å². The Balaban J connectivity index is 2.03. The minimum absolute atomic E-state index is 0.259. The van der Waals surface area contributed by atoms with Gasteiger partial charge in [0, 0.05) is 32.5 Å². The van der Waals surface area contributed by atoms with Gasteiger partial charge in [0.25, 0.3) is 0 Å². The van der Waals surface area contributed by atoms with Crippen LogP contribution in [0.4, 0.5) is 5.69 Å². The first kappa shape index (κ1) is 14.1. The predicted octanol–water partition coefficient (Wildman–Crippen LogP) is 2.15. The first-order valence-electron chi connectivity index (χ1n) is 6.41. The van der Waals surface area contributed by atoms with Gasteiger partial charge in [-0.15, -0.1) is 0 Å². The van der Waals surface area contributed by atoms with E-state index >= 15 is 0 Å². The number of carbonyl (C=O) groups is 1. The molecule has 2 rings (SSSR count). The molecule has 0 aliphatic rings. The molecule has 0 unspecified atom stereocenters. The Morgan fingerprint density at radius 1 is 1.40 bits per heavy atom. The zero-order chi connectivity index (χ0) is 14.7. The van der Waals surface area contributed by atoms with E-state index in [-0.39, 0.29) is 12.6 Å². The van der Waals surface area contributed by atoms with Crippen LogP contribution in [0.5, 0.6) is 0 Å². The maximum absolute atomic E-state index is 12.0. The molecule has 2 aromatic rings. The topological polar surface area (TPSA) is 47.4 Å². The molecule has 5 heteroatoms. The van der Waals surface area contributed by atoms with Crippen molar-refractivity contribution in [3.8, 4) is 0 Å². The fraction of sp³-hybridized carbons (Fsp3) is 0.333. The fourth-order valence-corrected chi connectivity index (χ4v) is 1.85. The molecule has 0 saturated carbocycles. The van der Waals surface area contributed by atoms with Gasteiger partial charge in [-0.1, -0.05) is 12.1 Å². The van der Waals surface area contributed by atoms with Crippen LogP contribution >= 0.6 is 0 Å². The van der Waals surface area contributed by atoms with Crippen molar-refractivity contribution in [2.24, 2.45) is 7.05 Å². The van der Waals surface area contributed by atoms with Gasteiger partial charge in [0.15, 0.2) is 0 Å². The van der Waals surface area contributed by atoms with Gasteiger partial charge < -0.3 is 9.64 Å². The second-order valence-electron chi connectivity index (χ2n) is 4.91. The number of aryl methyl sites for hydroxylation is 1. The molecule has 1 heterocycles. The van der Waals surface area contributed by atoms with Crippen molar-refractivity contribution in [3.63, 3.8) is 0 Å². The summed E-state index contributed by atoms with van der Waals surface area (Å²) in [6.07, 6.45) is 1.54. The van der Waals surface area contributed by atoms with Gasteiger partial charge in [0.1, 0.15) is 12.2 Å². The number of aromatic nitrogens is 2. The molecular formula is C15H19N3O2. The number of ether oxygens (including phenoxy) is 1. The monoisotopic (exact) mass is 273 g/mol. The van der Waals surface area contributed by atoms with E-state index in [0.29, 0.717) is 5.56 Å². The number of hydrogen-bond acceptors (Lipinski definition) is 4. The Labute approximate surface area is 118 Å². The van der Waals surface area contributed by atoms with Gasteiger partial charge >= 0.3 is 5.97 Å². The number of hydrogen-bond donors (Lipinski definition) is 0. The van der Waals surface area contributed by atoms with Gasteiger partial charge in [0.2, 0.25) is 0 Å². The largest absolute Gasteiger partial charge is 0.457 e. The Kier molecular flexibility index (Phi) is 4.08. The third-order valence-corrected chi connectivity index (χ3v) is 3.25. The van der Waals surface area contributed by atoms with E-state index < -0.39 is 0 Å². The molecule has 106 valence electrons. The Bertz CT molecular complexity index is 617. The highest BCUT2D eigenvalue weighted by atomic mass is 16.5. The van der Waals surface area contributed by atoms with E-state index in [1.807, 2.05) is 50.2 Å². The summed E-state index contributed by atoms with van der Waals surface area (Å²) in [6.45, 7) is 2.10. The highest BCUT2D eigenvalue weighted by molar-refractivity contribution is 5.90. The van der Waals surface area contributed by atoms with E-state index in [9.17, 15) is 4.79 Å². The lowest BCUT2D eigenvalue weighted by molar-refractivity contribution is 0.0471. The number of benzene rings is 1. The maximum Gasteiger partial charge on any atom is 0.341 e. The molecule has 0 fully saturated rings. The van der Waals surface area contributed by atoms with Gasteiger partial charge in [-0.25, -0.2) is 4.79 Å². The second kappa shape index (κ2) is 5.77. The van der Waals surface area contributed by atoms with Crippen LogP contribution in [0.3, 0.4) is 0 Å². The first-order valence-corrected chi connectivity index (χ1v) is 6.41. The third kappa shape index (κ3) is 2.99. The second-order valence-corrected chi connectivity index (χ2v) is 4.91. The van der Waals surface area contributed by atoms with Crippen LogP contribution in [0.1, 0.15) is 21.6 Å². The Morgan fingerprint density at radius 3 is 2.75 bits per heavy atom. The minimum atomic E-state index is -0.342. The lowest BCUT2D eigenvalue weighted by atomic mass is 10.2. The Morgan fingerprint density at radius 2 is 2.15 bits per heavy atom. The Hall–Kier alpha value is -2.30. The van der Waals surface area contributed by atoms with Crippen LogP contribution in [0.25, 0.3) is 0 Å². The summed E-state index contributed by atoms with van der Waals surface area (Å²) in [6, 6.07) is 7.91. The molecular weight excluding hydrogens is 254 g/mol. The quantitative estimate of drug-likeness (QED) is 0.801. The highest BCUT2D eigenvalue weighted by Crippen LogP contribution is 2.15. The summed E-state index contributed by atoms with van der Waals surface area (Å²) in [4.78, 5) is 14.0. The third-order valence-electron chi connectivity index (χ3n) is 3.25. The zero-order valence-corrected chi connectivity index (χ0v) is 12.3. The van der Waals surface area contributed by atoms with Crippen molar-refractivity contribution in [2.45, 2.75) is 13.5 Å². The van der Waals surface area contributed by atoms with Crippen LogP contribution in [0.15, 0.2) is 30.5 Å². The molecule has 5 nitrogen and oxygen atoms in total. The summed E-state index contributed by atoms with van der Waals surface area (Å²) < 4.78 is 6.99. The summed E-state index contributed by atoms with van der Waals surface area (Å²) in [5.41, 5.74) is 3.36. The van der Waals surface area contributed by atoms with E-state index in [0.717, 1.165) is 16.9 Å². The zero-order valence-electron chi connectivity index (χ0n) is 12.3. The van der Waals surface area contributed by atoms with Crippen molar-refractivity contribution in [1.29, 1.82) is 0 Å². The molecule has 0 bridgehead atoms. The van der Waals surface area contributed by atoms with Gasteiger partial charge in [0.05, 0.1) is 6.20 Å². The van der Waals surface area contributed by atoms with E-state index in [1.165, 1.54) is 6.20 Å². The van der Waals surface area contributed by atoms with Crippen LogP contribution in [-0.2, 0) is 18.4 Å². The van der Waals surface area contributed by atoms with Crippen LogP contribution < -0.4 is 4.90 Å². The summed E-state index contributed by atoms with van der Waals surface area (Å²) in [5.74, 6) is -0.342. The van der Waals surface area contributed by atoms with Crippen molar-refractivity contribution in [2.75, 3.05) is 19.0 Å². The van der Waals surface area contributed by atoms with Crippen LogP contribution in [0, 0.1) is 6.92 Å². The van der Waals surface area contributed by atoms with E-state index in [4.69, 9.17) is 4.74 Å². The number of rotatable bonds is 4. The summed E-state index contributed by atoms with van der Waals surface area (Å²) >= 11 is 0. The van der Waals surface area contributed by atoms with Crippen molar-refractivity contribution >= 4 is 11.7 Å². The molecule has 0 aliphatic heterocycles. The molecule has 0 spiro atoms.